The molecule has 0 atom stereocenters. The van der Waals surface area contributed by atoms with Crippen molar-refractivity contribution in [3.8, 4) is 11.1 Å². The van der Waals surface area contributed by atoms with Gasteiger partial charge in [0, 0.05) is 0 Å². The molecule has 1 aliphatic carbocycles. The lowest BCUT2D eigenvalue weighted by atomic mass is 9.81. The van der Waals surface area contributed by atoms with E-state index in [4.69, 9.17) is 4.74 Å². The molecule has 0 saturated heterocycles. The molecule has 0 spiro atoms. The van der Waals surface area contributed by atoms with Crippen LogP contribution in [0.4, 0.5) is 0 Å². The zero-order chi connectivity index (χ0) is 20.0. The van der Waals surface area contributed by atoms with Gasteiger partial charge in [-0.05, 0) is 48.9 Å². The third kappa shape index (κ3) is 4.61. The molecule has 0 aliphatic heterocycles. The minimum absolute atomic E-state index is 0.120. The van der Waals surface area contributed by atoms with Crippen LogP contribution in [0, 0.1) is 6.92 Å². The molecule has 4 nitrogen and oxygen atoms in total. The Bertz CT molecular complexity index is 823. The predicted molar refractivity (Wildman–Crippen MR) is 111 cm³/mol. The van der Waals surface area contributed by atoms with Crippen LogP contribution in [0.25, 0.3) is 11.1 Å². The monoisotopic (exact) mass is 379 g/mol. The number of esters is 1. The van der Waals surface area contributed by atoms with Crippen LogP contribution in [0.5, 0.6) is 0 Å². The molecule has 2 aromatic carbocycles. The highest BCUT2D eigenvalue weighted by Crippen LogP contribution is 2.30. The van der Waals surface area contributed by atoms with Crippen LogP contribution >= 0.6 is 0 Å². The molecule has 1 fully saturated rings. The zero-order valence-electron chi connectivity index (χ0n) is 16.8. The van der Waals surface area contributed by atoms with E-state index in [-0.39, 0.29) is 18.3 Å². The summed E-state index contributed by atoms with van der Waals surface area (Å²) < 4.78 is 5.27. The lowest BCUT2D eigenvalue weighted by Crippen LogP contribution is -2.56. The fourth-order valence-corrected chi connectivity index (χ4v) is 3.99. The maximum atomic E-state index is 12.8. The van der Waals surface area contributed by atoms with Gasteiger partial charge in [-0.2, -0.15) is 0 Å². The Morgan fingerprint density at radius 2 is 1.71 bits per heavy atom. The molecule has 0 heterocycles. The molecule has 28 heavy (non-hydrogen) atoms. The van der Waals surface area contributed by atoms with Gasteiger partial charge in [-0.3, -0.25) is 4.79 Å². The van der Waals surface area contributed by atoms with Crippen molar-refractivity contribution in [3.63, 3.8) is 0 Å². The number of aryl methyl sites for hydroxylation is 1. The second-order valence-electron chi connectivity index (χ2n) is 7.60. The van der Waals surface area contributed by atoms with Crippen molar-refractivity contribution in [2.24, 2.45) is 0 Å². The summed E-state index contributed by atoms with van der Waals surface area (Å²) in [7, 11) is 0. The van der Waals surface area contributed by atoms with E-state index < -0.39 is 5.54 Å². The van der Waals surface area contributed by atoms with Gasteiger partial charge in [0.15, 0.2) is 0 Å². The highest BCUT2D eigenvalue weighted by molar-refractivity contribution is 5.89. The highest BCUT2D eigenvalue weighted by atomic mass is 16.5. The Morgan fingerprint density at radius 3 is 2.36 bits per heavy atom. The summed E-state index contributed by atoms with van der Waals surface area (Å²) in [6.45, 7) is 4.15. The molecule has 1 saturated carbocycles. The SMILES string of the molecule is CCOC(=O)C1(NC(=O)Cc2ccc(-c3ccccc3)cc2C)CCCCC1. The minimum Gasteiger partial charge on any atom is -0.464 e. The summed E-state index contributed by atoms with van der Waals surface area (Å²) in [6, 6.07) is 16.4. The molecular weight excluding hydrogens is 350 g/mol. The minimum atomic E-state index is -0.858. The lowest BCUT2D eigenvalue weighted by molar-refractivity contribution is -0.155. The number of amides is 1. The molecule has 3 rings (SSSR count). The summed E-state index contributed by atoms with van der Waals surface area (Å²) in [5.74, 6) is -0.412. The third-order valence-corrected chi connectivity index (χ3v) is 5.55. The second kappa shape index (κ2) is 9.05. The summed E-state index contributed by atoms with van der Waals surface area (Å²) in [5, 5.41) is 3.03. The number of hydrogen-bond donors (Lipinski definition) is 1. The summed E-state index contributed by atoms with van der Waals surface area (Å²) in [5.41, 5.74) is 3.49. The first kappa shape index (κ1) is 20.1. The molecule has 1 N–H and O–H groups in total. The van der Waals surface area contributed by atoms with Crippen molar-refractivity contribution >= 4 is 11.9 Å². The molecule has 0 aromatic heterocycles. The van der Waals surface area contributed by atoms with Gasteiger partial charge in [-0.25, -0.2) is 4.79 Å². The average Bonchev–Trinajstić information content (AvgIpc) is 2.71. The van der Waals surface area contributed by atoms with E-state index in [1.165, 1.54) is 0 Å². The van der Waals surface area contributed by atoms with Gasteiger partial charge < -0.3 is 10.1 Å². The maximum Gasteiger partial charge on any atom is 0.331 e. The summed E-state index contributed by atoms with van der Waals surface area (Å²) >= 11 is 0. The van der Waals surface area contributed by atoms with Crippen molar-refractivity contribution in [1.82, 2.24) is 5.32 Å². The first-order valence-corrected chi connectivity index (χ1v) is 10.2. The van der Waals surface area contributed by atoms with E-state index in [0.717, 1.165) is 41.5 Å². The Kier molecular flexibility index (Phi) is 6.50. The van der Waals surface area contributed by atoms with E-state index >= 15 is 0 Å². The molecule has 2 aromatic rings. The van der Waals surface area contributed by atoms with Crippen molar-refractivity contribution in [2.45, 2.75) is 57.9 Å². The predicted octanol–water partition coefficient (Wildman–Crippen LogP) is 4.59. The van der Waals surface area contributed by atoms with Gasteiger partial charge in [-0.15, -0.1) is 0 Å². The summed E-state index contributed by atoms with van der Waals surface area (Å²) in [6.07, 6.45) is 4.54. The van der Waals surface area contributed by atoms with Crippen LogP contribution in [-0.4, -0.2) is 24.0 Å². The molecule has 0 unspecified atom stereocenters. The van der Waals surface area contributed by atoms with E-state index in [0.29, 0.717) is 19.4 Å². The van der Waals surface area contributed by atoms with Gasteiger partial charge in [-0.1, -0.05) is 67.8 Å². The standard InChI is InChI=1S/C24H29NO3/c1-3-28-23(27)24(14-8-5-9-15-24)25-22(26)17-20-12-13-21(16-18(20)2)19-10-6-4-7-11-19/h4,6-7,10-13,16H,3,5,8-9,14-15,17H2,1-2H3,(H,25,26). The van der Waals surface area contributed by atoms with Crippen LogP contribution in [0.1, 0.15) is 50.2 Å². The Labute approximate surface area is 167 Å². The highest BCUT2D eigenvalue weighted by Gasteiger charge is 2.42. The molecular formula is C24H29NO3. The second-order valence-corrected chi connectivity index (χ2v) is 7.60. The number of carbonyl (C=O) groups is 2. The molecule has 148 valence electrons. The Balaban J connectivity index is 1.72. The summed E-state index contributed by atoms with van der Waals surface area (Å²) in [4.78, 5) is 25.3. The molecule has 1 amide bonds. The Hall–Kier alpha value is -2.62. The first-order valence-electron chi connectivity index (χ1n) is 10.2. The molecule has 0 bridgehead atoms. The number of nitrogens with one attached hydrogen (secondary N) is 1. The van der Waals surface area contributed by atoms with Crippen molar-refractivity contribution in [2.75, 3.05) is 6.61 Å². The van der Waals surface area contributed by atoms with Gasteiger partial charge in [0.2, 0.25) is 5.91 Å². The van der Waals surface area contributed by atoms with Crippen LogP contribution in [0.2, 0.25) is 0 Å². The first-order chi connectivity index (χ1) is 13.5. The number of carbonyl (C=O) groups excluding carboxylic acids is 2. The normalized spacial score (nSPS) is 15.6. The molecule has 4 heteroatoms. The number of rotatable bonds is 6. The van der Waals surface area contributed by atoms with Crippen LogP contribution in [-0.2, 0) is 20.7 Å². The van der Waals surface area contributed by atoms with Crippen LogP contribution < -0.4 is 5.32 Å². The molecule has 1 aliphatic rings. The van der Waals surface area contributed by atoms with Crippen molar-refractivity contribution < 1.29 is 14.3 Å². The van der Waals surface area contributed by atoms with E-state index in [2.05, 4.69) is 23.5 Å². The number of ether oxygens (including phenoxy) is 1. The van der Waals surface area contributed by atoms with Crippen LogP contribution in [0.3, 0.4) is 0 Å². The fraction of sp³-hybridized carbons (Fsp3) is 0.417. The lowest BCUT2D eigenvalue weighted by Gasteiger charge is -2.35. The number of benzene rings is 2. The van der Waals surface area contributed by atoms with Crippen LogP contribution in [0.15, 0.2) is 48.5 Å². The van der Waals surface area contributed by atoms with Gasteiger partial charge >= 0.3 is 5.97 Å². The fourth-order valence-electron chi connectivity index (χ4n) is 3.99. The van der Waals surface area contributed by atoms with E-state index in [1.807, 2.05) is 37.3 Å². The zero-order valence-corrected chi connectivity index (χ0v) is 16.8. The van der Waals surface area contributed by atoms with Gasteiger partial charge in [0.05, 0.1) is 13.0 Å². The third-order valence-electron chi connectivity index (χ3n) is 5.55. The smallest absolute Gasteiger partial charge is 0.331 e. The van der Waals surface area contributed by atoms with E-state index in [1.54, 1.807) is 6.92 Å². The molecule has 0 radical (unpaired) electrons. The average molecular weight is 380 g/mol. The van der Waals surface area contributed by atoms with E-state index in [9.17, 15) is 9.59 Å². The Morgan fingerprint density at radius 1 is 1.00 bits per heavy atom. The number of hydrogen-bond acceptors (Lipinski definition) is 3. The quantitative estimate of drug-likeness (QED) is 0.747. The van der Waals surface area contributed by atoms with Gasteiger partial charge in [0.25, 0.3) is 0 Å². The van der Waals surface area contributed by atoms with Crippen molar-refractivity contribution in [3.05, 3.63) is 59.7 Å². The van der Waals surface area contributed by atoms with Gasteiger partial charge in [0.1, 0.15) is 5.54 Å². The van der Waals surface area contributed by atoms with Crippen molar-refractivity contribution in [1.29, 1.82) is 0 Å². The topological polar surface area (TPSA) is 55.4 Å². The largest absolute Gasteiger partial charge is 0.464 e. The maximum absolute atomic E-state index is 12.8.